The van der Waals surface area contributed by atoms with Gasteiger partial charge in [0.05, 0.1) is 18.9 Å². The number of amides is 2. The monoisotopic (exact) mass is 314 g/mol. The van der Waals surface area contributed by atoms with Gasteiger partial charge in [0, 0.05) is 26.1 Å². The van der Waals surface area contributed by atoms with Gasteiger partial charge in [-0.3, -0.25) is 9.59 Å². The Morgan fingerprint density at radius 1 is 1.17 bits per heavy atom. The third-order valence-electron chi connectivity index (χ3n) is 3.53. The predicted molar refractivity (Wildman–Crippen MR) is 84.6 cm³/mol. The van der Waals surface area contributed by atoms with Gasteiger partial charge in [-0.05, 0) is 12.1 Å². The molecule has 1 fully saturated rings. The molecule has 3 rings (SSSR count). The van der Waals surface area contributed by atoms with E-state index in [0.717, 1.165) is 5.69 Å². The summed E-state index contributed by atoms with van der Waals surface area (Å²) >= 11 is 0. The molecule has 0 radical (unpaired) electrons. The van der Waals surface area contributed by atoms with Gasteiger partial charge in [0.25, 0.3) is 5.91 Å². The van der Waals surface area contributed by atoms with Crippen LogP contribution < -0.4 is 5.32 Å². The van der Waals surface area contributed by atoms with Crippen molar-refractivity contribution in [2.24, 2.45) is 0 Å². The molecule has 1 aromatic carbocycles. The molecule has 1 aliphatic heterocycles. The number of nitrogens with one attached hydrogen (secondary N) is 1. The van der Waals surface area contributed by atoms with Gasteiger partial charge in [-0.1, -0.05) is 18.2 Å². The zero-order valence-corrected chi connectivity index (χ0v) is 12.9. The van der Waals surface area contributed by atoms with Crippen molar-refractivity contribution >= 4 is 17.6 Å². The number of rotatable bonds is 3. The van der Waals surface area contributed by atoms with Crippen LogP contribution in [0.1, 0.15) is 17.4 Å². The minimum Gasteiger partial charge on any atom is -0.378 e. The highest BCUT2D eigenvalue weighted by molar-refractivity contribution is 5.95. The van der Waals surface area contributed by atoms with Crippen molar-refractivity contribution in [3.63, 3.8) is 0 Å². The van der Waals surface area contributed by atoms with Gasteiger partial charge in [-0.2, -0.15) is 5.10 Å². The van der Waals surface area contributed by atoms with Crippen LogP contribution in [0.5, 0.6) is 0 Å². The molecular weight excluding hydrogens is 296 g/mol. The van der Waals surface area contributed by atoms with Crippen LogP contribution in [0.3, 0.4) is 0 Å². The Morgan fingerprint density at radius 2 is 1.87 bits per heavy atom. The summed E-state index contributed by atoms with van der Waals surface area (Å²) in [6.07, 6.45) is 0. The molecule has 2 aromatic rings. The Labute approximate surface area is 133 Å². The van der Waals surface area contributed by atoms with Gasteiger partial charge < -0.3 is 15.0 Å². The van der Waals surface area contributed by atoms with Gasteiger partial charge in [0.15, 0.2) is 5.69 Å². The second kappa shape index (κ2) is 6.62. The molecule has 0 spiro atoms. The van der Waals surface area contributed by atoms with Crippen molar-refractivity contribution in [2.75, 3.05) is 31.6 Å². The number of carbonyl (C=O) groups excluding carboxylic acids is 2. The van der Waals surface area contributed by atoms with Crippen LogP contribution in [0.4, 0.5) is 5.82 Å². The molecule has 7 heteroatoms. The van der Waals surface area contributed by atoms with E-state index < -0.39 is 0 Å². The average molecular weight is 314 g/mol. The minimum absolute atomic E-state index is 0.158. The fourth-order valence-corrected chi connectivity index (χ4v) is 2.45. The fraction of sp³-hybridized carbons (Fsp3) is 0.312. The van der Waals surface area contributed by atoms with E-state index in [1.54, 1.807) is 15.6 Å². The number of carbonyl (C=O) groups is 2. The first-order valence-corrected chi connectivity index (χ1v) is 7.45. The molecule has 1 aromatic heterocycles. The van der Waals surface area contributed by atoms with Crippen LogP contribution in [-0.4, -0.2) is 52.8 Å². The number of morpholine rings is 1. The molecule has 0 atom stereocenters. The number of anilines is 1. The predicted octanol–water partition coefficient (Wildman–Crippen LogP) is 1.30. The van der Waals surface area contributed by atoms with Gasteiger partial charge in [-0.15, -0.1) is 0 Å². The average Bonchev–Trinajstić information content (AvgIpc) is 2.99. The third kappa shape index (κ3) is 3.40. The quantitative estimate of drug-likeness (QED) is 0.926. The summed E-state index contributed by atoms with van der Waals surface area (Å²) in [7, 11) is 0. The van der Waals surface area contributed by atoms with E-state index >= 15 is 0 Å². The van der Waals surface area contributed by atoms with Crippen LogP contribution >= 0.6 is 0 Å². The molecule has 120 valence electrons. The first-order chi connectivity index (χ1) is 11.1. The topological polar surface area (TPSA) is 76.5 Å². The molecule has 2 amide bonds. The molecule has 7 nitrogen and oxygen atoms in total. The Bertz CT molecular complexity index is 705. The largest absolute Gasteiger partial charge is 0.378 e. The number of nitrogens with zero attached hydrogens (tertiary/aromatic N) is 3. The van der Waals surface area contributed by atoms with E-state index in [0.29, 0.717) is 37.8 Å². The smallest absolute Gasteiger partial charge is 0.274 e. The minimum atomic E-state index is -0.215. The Morgan fingerprint density at radius 3 is 2.52 bits per heavy atom. The van der Waals surface area contributed by atoms with Crippen molar-refractivity contribution < 1.29 is 14.3 Å². The molecule has 0 bridgehead atoms. The van der Waals surface area contributed by atoms with Gasteiger partial charge in [0.1, 0.15) is 5.82 Å². The molecule has 1 aliphatic rings. The number of para-hydroxylation sites is 1. The molecular formula is C16H18N4O3. The fourth-order valence-electron chi connectivity index (χ4n) is 2.45. The van der Waals surface area contributed by atoms with Gasteiger partial charge in [-0.25, -0.2) is 4.68 Å². The summed E-state index contributed by atoms with van der Waals surface area (Å²) < 4.78 is 6.82. The number of aromatic nitrogens is 2. The van der Waals surface area contributed by atoms with Crippen molar-refractivity contribution in [1.29, 1.82) is 0 Å². The summed E-state index contributed by atoms with van der Waals surface area (Å²) in [6.45, 7) is 3.58. The Balaban J connectivity index is 1.94. The number of ether oxygens (including phenoxy) is 1. The summed E-state index contributed by atoms with van der Waals surface area (Å²) in [4.78, 5) is 25.7. The van der Waals surface area contributed by atoms with E-state index in [-0.39, 0.29) is 11.8 Å². The van der Waals surface area contributed by atoms with Crippen molar-refractivity contribution in [3.8, 4) is 5.69 Å². The number of benzene rings is 1. The van der Waals surface area contributed by atoms with Crippen LogP contribution in [-0.2, 0) is 9.53 Å². The molecule has 23 heavy (non-hydrogen) atoms. The standard InChI is InChI=1S/C16H18N4O3/c1-12(21)17-15-11-14(16(22)19-7-9-23-10-8-19)18-20(15)13-5-3-2-4-6-13/h2-6,11H,7-10H2,1H3,(H,17,21). The highest BCUT2D eigenvalue weighted by Gasteiger charge is 2.23. The second-order valence-corrected chi connectivity index (χ2v) is 5.25. The van der Waals surface area contributed by atoms with Crippen LogP contribution in [0.15, 0.2) is 36.4 Å². The third-order valence-corrected chi connectivity index (χ3v) is 3.53. The summed E-state index contributed by atoms with van der Waals surface area (Å²) in [5, 5.41) is 7.09. The van der Waals surface area contributed by atoms with Crippen LogP contribution in [0.25, 0.3) is 5.69 Å². The number of hydrogen-bond acceptors (Lipinski definition) is 4. The van der Waals surface area contributed by atoms with Crippen LogP contribution in [0.2, 0.25) is 0 Å². The normalized spacial score (nSPS) is 14.6. The highest BCUT2D eigenvalue weighted by Crippen LogP contribution is 2.18. The van der Waals surface area contributed by atoms with Crippen molar-refractivity contribution in [1.82, 2.24) is 14.7 Å². The highest BCUT2D eigenvalue weighted by atomic mass is 16.5. The first-order valence-electron chi connectivity index (χ1n) is 7.45. The second-order valence-electron chi connectivity index (χ2n) is 5.25. The van der Waals surface area contributed by atoms with Crippen LogP contribution in [0, 0.1) is 0 Å². The lowest BCUT2D eigenvalue weighted by atomic mass is 10.3. The lowest BCUT2D eigenvalue weighted by molar-refractivity contribution is -0.114. The van der Waals surface area contributed by atoms with E-state index in [1.165, 1.54) is 6.92 Å². The summed E-state index contributed by atoms with van der Waals surface area (Å²) in [5.41, 5.74) is 1.08. The maximum absolute atomic E-state index is 12.6. The maximum Gasteiger partial charge on any atom is 0.274 e. The lowest BCUT2D eigenvalue weighted by Crippen LogP contribution is -2.40. The lowest BCUT2D eigenvalue weighted by Gasteiger charge is -2.25. The zero-order valence-electron chi connectivity index (χ0n) is 12.9. The van der Waals surface area contributed by atoms with Gasteiger partial charge in [0.2, 0.25) is 5.91 Å². The summed E-state index contributed by atoms with van der Waals surface area (Å²) in [6, 6.07) is 11.0. The zero-order chi connectivity index (χ0) is 16.2. The van der Waals surface area contributed by atoms with Crippen molar-refractivity contribution in [2.45, 2.75) is 6.92 Å². The molecule has 0 unspecified atom stereocenters. The Hall–Kier alpha value is -2.67. The maximum atomic E-state index is 12.6. The van der Waals surface area contributed by atoms with E-state index in [2.05, 4.69) is 10.4 Å². The molecule has 0 saturated carbocycles. The van der Waals surface area contributed by atoms with Crippen molar-refractivity contribution in [3.05, 3.63) is 42.1 Å². The van der Waals surface area contributed by atoms with E-state index in [9.17, 15) is 9.59 Å². The van der Waals surface area contributed by atoms with Gasteiger partial charge >= 0.3 is 0 Å². The van der Waals surface area contributed by atoms with E-state index in [4.69, 9.17) is 4.74 Å². The Kier molecular flexibility index (Phi) is 4.38. The molecule has 2 heterocycles. The number of hydrogen-bond donors (Lipinski definition) is 1. The molecule has 1 saturated heterocycles. The SMILES string of the molecule is CC(=O)Nc1cc(C(=O)N2CCOCC2)nn1-c1ccccc1. The summed E-state index contributed by atoms with van der Waals surface area (Å²) in [5.74, 6) is 0.0994. The van der Waals surface area contributed by atoms with E-state index in [1.807, 2.05) is 30.3 Å². The first kappa shape index (κ1) is 15.2. The molecule has 0 aliphatic carbocycles. The molecule has 1 N–H and O–H groups in total.